The average Bonchev–Trinajstić information content (AvgIpc) is 2.81. The Morgan fingerprint density at radius 3 is 2.47 bits per heavy atom. The average molecular weight is 434 g/mol. The van der Waals surface area contributed by atoms with Crippen LogP contribution in [0, 0.1) is 11.6 Å². The Balaban J connectivity index is 1.27. The fourth-order valence-electron chi connectivity index (χ4n) is 3.59. The summed E-state index contributed by atoms with van der Waals surface area (Å²) in [6.07, 6.45) is 4.89. The van der Waals surface area contributed by atoms with Gasteiger partial charge in [0.05, 0.1) is 11.9 Å². The first-order valence-corrected chi connectivity index (χ1v) is 10.5. The highest BCUT2D eigenvalue weighted by atomic mass is 19.1. The first-order chi connectivity index (χ1) is 15.6. The molecule has 0 spiro atoms. The van der Waals surface area contributed by atoms with Gasteiger partial charge in [0.15, 0.2) is 0 Å². The van der Waals surface area contributed by atoms with Gasteiger partial charge in [-0.2, -0.15) is 0 Å². The minimum Gasteiger partial charge on any atom is -0.354 e. The molecule has 0 bridgehead atoms. The molecule has 0 radical (unpaired) electrons. The van der Waals surface area contributed by atoms with Crippen molar-refractivity contribution in [3.8, 4) is 0 Å². The number of pyridine rings is 1. The second-order valence-corrected chi connectivity index (χ2v) is 7.64. The second kappa shape index (κ2) is 10.2. The summed E-state index contributed by atoms with van der Waals surface area (Å²) in [4.78, 5) is 20.9. The Labute approximate surface area is 186 Å². The van der Waals surface area contributed by atoms with Gasteiger partial charge in [-0.1, -0.05) is 36.4 Å². The fraction of sp³-hybridized carbons (Fsp3) is 0.200. The smallest absolute Gasteiger partial charge is 0.248 e. The summed E-state index contributed by atoms with van der Waals surface area (Å²) in [5, 5.41) is 2.81. The van der Waals surface area contributed by atoms with Crippen LogP contribution >= 0.6 is 0 Å². The third kappa shape index (κ3) is 5.76. The summed E-state index contributed by atoms with van der Waals surface area (Å²) in [6, 6.07) is 17.0. The third-order valence-electron chi connectivity index (χ3n) is 5.35. The molecule has 32 heavy (non-hydrogen) atoms. The number of aromatic nitrogens is 1. The molecule has 1 aliphatic rings. The number of benzene rings is 2. The Kier molecular flexibility index (Phi) is 6.87. The highest BCUT2D eigenvalue weighted by Crippen LogP contribution is 2.18. The van der Waals surface area contributed by atoms with Gasteiger partial charge in [-0.3, -0.25) is 9.69 Å². The molecule has 2 heterocycles. The molecule has 0 atom stereocenters. The Morgan fingerprint density at radius 2 is 1.78 bits per heavy atom. The van der Waals surface area contributed by atoms with E-state index in [1.54, 1.807) is 12.3 Å². The van der Waals surface area contributed by atoms with Gasteiger partial charge in [0.25, 0.3) is 0 Å². The number of hydrogen-bond acceptors (Lipinski definition) is 4. The van der Waals surface area contributed by atoms with Gasteiger partial charge in [0.1, 0.15) is 17.5 Å². The molecule has 0 unspecified atom stereocenters. The van der Waals surface area contributed by atoms with Crippen molar-refractivity contribution >= 4 is 23.5 Å². The number of amides is 1. The molecule has 0 saturated carbocycles. The number of nitrogens with one attached hydrogen (secondary N) is 1. The molecule has 5 nitrogen and oxygen atoms in total. The van der Waals surface area contributed by atoms with E-state index in [-0.39, 0.29) is 5.91 Å². The first-order valence-electron chi connectivity index (χ1n) is 10.5. The maximum Gasteiger partial charge on any atom is 0.248 e. The van der Waals surface area contributed by atoms with Crippen LogP contribution < -0.4 is 10.2 Å². The first kappa shape index (κ1) is 21.6. The van der Waals surface area contributed by atoms with Crippen molar-refractivity contribution in [2.45, 2.75) is 6.54 Å². The van der Waals surface area contributed by atoms with Crippen molar-refractivity contribution in [1.29, 1.82) is 0 Å². The zero-order valence-electron chi connectivity index (χ0n) is 17.5. The van der Waals surface area contributed by atoms with Crippen LogP contribution in [0.4, 0.5) is 20.3 Å². The van der Waals surface area contributed by atoms with Crippen molar-refractivity contribution in [2.75, 3.05) is 36.4 Å². The van der Waals surface area contributed by atoms with E-state index in [1.165, 1.54) is 18.2 Å². The summed E-state index contributed by atoms with van der Waals surface area (Å²) < 4.78 is 27.0. The molecule has 4 rings (SSSR count). The monoisotopic (exact) mass is 434 g/mol. The lowest BCUT2D eigenvalue weighted by Crippen LogP contribution is -2.46. The van der Waals surface area contributed by atoms with Crippen LogP contribution in [-0.4, -0.2) is 42.0 Å². The van der Waals surface area contributed by atoms with Gasteiger partial charge in [-0.15, -0.1) is 0 Å². The summed E-state index contributed by atoms with van der Waals surface area (Å²) in [5.41, 5.74) is 2.08. The van der Waals surface area contributed by atoms with Crippen LogP contribution in [0.25, 0.3) is 6.08 Å². The van der Waals surface area contributed by atoms with E-state index in [4.69, 9.17) is 0 Å². The standard InChI is InChI=1S/C25H24F2N4O/c26-21-8-7-20(23(27)16-21)18-30-12-14-31(15-13-30)24-10-9-22(17-28-24)29-25(32)11-6-19-4-2-1-3-5-19/h1-11,16-17H,12-15,18H2,(H,29,32)/b11-6+. The lowest BCUT2D eigenvalue weighted by Gasteiger charge is -2.35. The van der Waals surface area contributed by atoms with E-state index in [1.807, 2.05) is 42.5 Å². The molecule has 1 amide bonds. The second-order valence-electron chi connectivity index (χ2n) is 7.64. The number of nitrogens with zero attached hydrogens (tertiary/aromatic N) is 3. The van der Waals surface area contributed by atoms with E-state index in [0.717, 1.165) is 43.6 Å². The molecule has 164 valence electrons. The fourth-order valence-corrected chi connectivity index (χ4v) is 3.59. The highest BCUT2D eigenvalue weighted by Gasteiger charge is 2.19. The number of halogens is 2. The Morgan fingerprint density at radius 1 is 1.00 bits per heavy atom. The molecule has 1 fully saturated rings. The maximum absolute atomic E-state index is 13.9. The molecule has 1 aliphatic heterocycles. The summed E-state index contributed by atoms with van der Waals surface area (Å²) in [5.74, 6) is -0.458. The van der Waals surface area contributed by atoms with Gasteiger partial charge >= 0.3 is 0 Å². The van der Waals surface area contributed by atoms with E-state index in [2.05, 4.69) is 20.1 Å². The van der Waals surface area contributed by atoms with Gasteiger partial charge < -0.3 is 10.2 Å². The van der Waals surface area contributed by atoms with Crippen molar-refractivity contribution in [2.24, 2.45) is 0 Å². The van der Waals surface area contributed by atoms with Gasteiger partial charge in [-0.05, 0) is 29.8 Å². The molecule has 1 saturated heterocycles. The predicted molar refractivity (Wildman–Crippen MR) is 122 cm³/mol. The molecule has 2 aromatic carbocycles. The van der Waals surface area contributed by atoms with Gasteiger partial charge in [0.2, 0.25) is 5.91 Å². The van der Waals surface area contributed by atoms with E-state index >= 15 is 0 Å². The van der Waals surface area contributed by atoms with Crippen molar-refractivity contribution < 1.29 is 13.6 Å². The Hall–Kier alpha value is -3.58. The number of carbonyl (C=O) groups excluding carboxylic acids is 1. The lowest BCUT2D eigenvalue weighted by atomic mass is 10.1. The molecular formula is C25H24F2N4O. The van der Waals surface area contributed by atoms with Crippen LogP contribution in [-0.2, 0) is 11.3 Å². The quantitative estimate of drug-likeness (QED) is 0.587. The summed E-state index contributed by atoms with van der Waals surface area (Å²) >= 11 is 0. The third-order valence-corrected chi connectivity index (χ3v) is 5.35. The summed E-state index contributed by atoms with van der Waals surface area (Å²) in [6.45, 7) is 3.46. The number of carbonyl (C=O) groups is 1. The number of anilines is 2. The SMILES string of the molecule is O=C(/C=C/c1ccccc1)Nc1ccc(N2CCN(Cc3ccc(F)cc3F)CC2)nc1. The molecule has 1 aromatic heterocycles. The van der Waals surface area contributed by atoms with Gasteiger partial charge in [0, 0.05) is 50.4 Å². The number of piperazine rings is 1. The number of rotatable bonds is 6. The molecule has 1 N–H and O–H groups in total. The molecule has 0 aliphatic carbocycles. The minimum absolute atomic E-state index is 0.218. The Bertz CT molecular complexity index is 1080. The molecule has 3 aromatic rings. The van der Waals surface area contributed by atoms with E-state index in [0.29, 0.717) is 17.8 Å². The van der Waals surface area contributed by atoms with E-state index in [9.17, 15) is 13.6 Å². The topological polar surface area (TPSA) is 48.5 Å². The van der Waals surface area contributed by atoms with Crippen LogP contribution in [0.1, 0.15) is 11.1 Å². The van der Waals surface area contributed by atoms with Crippen LogP contribution in [0.2, 0.25) is 0 Å². The van der Waals surface area contributed by atoms with Crippen LogP contribution in [0.3, 0.4) is 0 Å². The highest BCUT2D eigenvalue weighted by molar-refractivity contribution is 6.01. The van der Waals surface area contributed by atoms with Crippen molar-refractivity contribution in [3.05, 3.63) is 95.7 Å². The minimum atomic E-state index is -0.561. The summed E-state index contributed by atoms with van der Waals surface area (Å²) in [7, 11) is 0. The molecule has 7 heteroatoms. The molecular weight excluding hydrogens is 410 g/mol. The van der Waals surface area contributed by atoms with Crippen LogP contribution in [0.5, 0.6) is 0 Å². The number of hydrogen-bond donors (Lipinski definition) is 1. The predicted octanol–water partition coefficient (Wildman–Crippen LogP) is 4.33. The lowest BCUT2D eigenvalue weighted by molar-refractivity contribution is -0.111. The normalized spacial score (nSPS) is 14.6. The van der Waals surface area contributed by atoms with Crippen LogP contribution in [0.15, 0.2) is 72.9 Å². The van der Waals surface area contributed by atoms with E-state index < -0.39 is 11.6 Å². The zero-order chi connectivity index (χ0) is 22.3. The van der Waals surface area contributed by atoms with Crippen molar-refractivity contribution in [3.63, 3.8) is 0 Å². The largest absolute Gasteiger partial charge is 0.354 e. The zero-order valence-corrected chi connectivity index (χ0v) is 17.5. The van der Waals surface area contributed by atoms with Gasteiger partial charge in [-0.25, -0.2) is 13.8 Å². The maximum atomic E-state index is 13.9. The van der Waals surface area contributed by atoms with Crippen molar-refractivity contribution in [1.82, 2.24) is 9.88 Å².